The minimum Gasteiger partial charge on any atom is -0.497 e. The molecular formula is C22H25N3O3. The van der Waals surface area contributed by atoms with Gasteiger partial charge in [-0.05, 0) is 42.3 Å². The average Bonchev–Trinajstić information content (AvgIpc) is 3.15. The van der Waals surface area contributed by atoms with Crippen molar-refractivity contribution in [1.29, 1.82) is 0 Å². The summed E-state index contributed by atoms with van der Waals surface area (Å²) in [4.78, 5) is 12.4. The quantitative estimate of drug-likeness (QED) is 0.647. The molecule has 0 bridgehead atoms. The Balaban J connectivity index is 1.63. The summed E-state index contributed by atoms with van der Waals surface area (Å²) in [6, 6.07) is 17.2. The fourth-order valence-electron chi connectivity index (χ4n) is 2.98. The van der Waals surface area contributed by atoms with Crippen LogP contribution in [0.2, 0.25) is 0 Å². The molecule has 3 aromatic rings. The molecule has 0 atom stereocenters. The monoisotopic (exact) mass is 379 g/mol. The van der Waals surface area contributed by atoms with Crippen LogP contribution in [0.1, 0.15) is 16.8 Å². The van der Waals surface area contributed by atoms with Crippen molar-refractivity contribution >= 4 is 11.7 Å². The smallest absolute Gasteiger partial charge is 0.319 e. The van der Waals surface area contributed by atoms with E-state index in [2.05, 4.69) is 34.3 Å². The summed E-state index contributed by atoms with van der Waals surface area (Å²) in [6.45, 7) is 3.28. The Morgan fingerprint density at radius 3 is 2.61 bits per heavy atom. The van der Waals surface area contributed by atoms with E-state index in [0.717, 1.165) is 12.2 Å². The molecule has 0 spiro atoms. The molecule has 28 heavy (non-hydrogen) atoms. The summed E-state index contributed by atoms with van der Waals surface area (Å²) < 4.78 is 12.6. The first-order chi connectivity index (χ1) is 13.6. The van der Waals surface area contributed by atoms with Crippen molar-refractivity contribution in [3.63, 3.8) is 0 Å². The van der Waals surface area contributed by atoms with Crippen LogP contribution in [0.4, 0.5) is 10.5 Å². The van der Waals surface area contributed by atoms with E-state index in [9.17, 15) is 4.79 Å². The number of aromatic nitrogens is 1. The summed E-state index contributed by atoms with van der Waals surface area (Å²) in [5.74, 6) is 1.21. The van der Waals surface area contributed by atoms with Crippen LogP contribution >= 0.6 is 0 Å². The van der Waals surface area contributed by atoms with Gasteiger partial charge in [0.1, 0.15) is 11.5 Å². The Kier molecular flexibility index (Phi) is 6.22. The molecule has 0 saturated carbocycles. The molecule has 2 N–H and O–H groups in total. The second kappa shape index (κ2) is 8.99. The minimum absolute atomic E-state index is 0.310. The van der Waals surface area contributed by atoms with E-state index in [1.807, 2.05) is 30.5 Å². The van der Waals surface area contributed by atoms with Gasteiger partial charge in [0.15, 0.2) is 0 Å². The number of nitrogens with one attached hydrogen (secondary N) is 2. The van der Waals surface area contributed by atoms with Gasteiger partial charge >= 0.3 is 6.03 Å². The van der Waals surface area contributed by atoms with E-state index < -0.39 is 0 Å². The molecule has 0 aliphatic heterocycles. The van der Waals surface area contributed by atoms with Gasteiger partial charge in [0.05, 0.1) is 26.5 Å². The molecule has 0 aliphatic rings. The van der Waals surface area contributed by atoms with Gasteiger partial charge in [0.25, 0.3) is 0 Å². The Morgan fingerprint density at radius 2 is 1.86 bits per heavy atom. The third-order valence-corrected chi connectivity index (χ3v) is 4.61. The van der Waals surface area contributed by atoms with Gasteiger partial charge in [-0.2, -0.15) is 0 Å². The zero-order chi connectivity index (χ0) is 19.9. The molecule has 0 radical (unpaired) electrons. The molecule has 0 saturated heterocycles. The number of aryl methyl sites for hydroxylation is 1. The number of amides is 2. The summed E-state index contributed by atoms with van der Waals surface area (Å²) >= 11 is 0. The first kappa shape index (κ1) is 19.4. The van der Waals surface area contributed by atoms with Gasteiger partial charge in [-0.15, -0.1) is 0 Å². The average molecular weight is 379 g/mol. The fourth-order valence-corrected chi connectivity index (χ4v) is 2.98. The highest BCUT2D eigenvalue weighted by atomic mass is 16.5. The van der Waals surface area contributed by atoms with Crippen LogP contribution in [0.25, 0.3) is 0 Å². The van der Waals surface area contributed by atoms with E-state index in [4.69, 9.17) is 9.47 Å². The van der Waals surface area contributed by atoms with Gasteiger partial charge in [-0.1, -0.05) is 24.3 Å². The number of carbonyl (C=O) groups excluding carboxylic acids is 1. The number of urea groups is 1. The summed E-state index contributed by atoms with van der Waals surface area (Å²) in [7, 11) is 3.14. The topological polar surface area (TPSA) is 64.5 Å². The van der Waals surface area contributed by atoms with Crippen LogP contribution in [0.5, 0.6) is 11.5 Å². The van der Waals surface area contributed by atoms with Crippen LogP contribution in [0.15, 0.2) is 60.8 Å². The molecule has 6 nitrogen and oxygen atoms in total. The number of benzene rings is 2. The standard InChI is InChI=1S/C22H25N3O3/c1-16-7-4-5-8-17(16)15-25-12-6-9-18(25)14-23-22(26)24-20-13-19(27-2)10-11-21(20)28-3/h4-13H,14-15H2,1-3H3,(H2,23,24,26). The number of rotatable bonds is 7. The van der Waals surface area contributed by atoms with Crippen LogP contribution < -0.4 is 20.1 Å². The third-order valence-electron chi connectivity index (χ3n) is 4.61. The molecule has 0 fully saturated rings. The van der Waals surface area contributed by atoms with E-state index in [1.54, 1.807) is 32.4 Å². The number of hydrogen-bond acceptors (Lipinski definition) is 3. The number of methoxy groups -OCH3 is 2. The lowest BCUT2D eigenvalue weighted by molar-refractivity contribution is 0.251. The van der Waals surface area contributed by atoms with Gasteiger partial charge in [0.2, 0.25) is 0 Å². The van der Waals surface area contributed by atoms with Crippen molar-refractivity contribution in [2.24, 2.45) is 0 Å². The number of ether oxygens (including phenoxy) is 2. The summed E-state index contributed by atoms with van der Waals surface area (Å²) in [5, 5.41) is 5.71. The summed E-state index contributed by atoms with van der Waals surface area (Å²) in [6.07, 6.45) is 2.02. The number of anilines is 1. The number of nitrogens with zero attached hydrogens (tertiary/aromatic N) is 1. The highest BCUT2D eigenvalue weighted by Crippen LogP contribution is 2.28. The van der Waals surface area contributed by atoms with Crippen LogP contribution in [0, 0.1) is 6.92 Å². The molecule has 2 aromatic carbocycles. The Morgan fingerprint density at radius 1 is 1.04 bits per heavy atom. The Bertz CT molecular complexity index is 950. The fraction of sp³-hybridized carbons (Fsp3) is 0.227. The van der Waals surface area contributed by atoms with Gasteiger partial charge < -0.3 is 24.7 Å². The second-order valence-electron chi connectivity index (χ2n) is 6.43. The molecule has 0 unspecified atom stereocenters. The lowest BCUT2D eigenvalue weighted by atomic mass is 10.1. The lowest BCUT2D eigenvalue weighted by Gasteiger charge is -2.14. The van der Waals surface area contributed by atoms with Crippen LogP contribution in [0.3, 0.4) is 0 Å². The lowest BCUT2D eigenvalue weighted by Crippen LogP contribution is -2.29. The highest BCUT2D eigenvalue weighted by molar-refractivity contribution is 5.91. The first-order valence-corrected chi connectivity index (χ1v) is 9.06. The minimum atomic E-state index is -0.310. The highest BCUT2D eigenvalue weighted by Gasteiger charge is 2.10. The van der Waals surface area contributed by atoms with E-state index in [0.29, 0.717) is 23.7 Å². The summed E-state index contributed by atoms with van der Waals surface area (Å²) in [5.41, 5.74) is 4.08. The maximum Gasteiger partial charge on any atom is 0.319 e. The molecule has 3 rings (SSSR count). The normalized spacial score (nSPS) is 10.4. The molecule has 2 amide bonds. The number of carbonyl (C=O) groups is 1. The molecular weight excluding hydrogens is 354 g/mol. The molecule has 1 heterocycles. The molecule has 6 heteroatoms. The predicted molar refractivity (Wildman–Crippen MR) is 110 cm³/mol. The molecule has 146 valence electrons. The van der Waals surface area contributed by atoms with Gasteiger partial charge in [-0.3, -0.25) is 0 Å². The van der Waals surface area contributed by atoms with E-state index in [1.165, 1.54) is 11.1 Å². The van der Waals surface area contributed by atoms with Crippen molar-refractivity contribution < 1.29 is 14.3 Å². The van der Waals surface area contributed by atoms with Crippen LogP contribution in [-0.4, -0.2) is 24.8 Å². The van der Waals surface area contributed by atoms with Gasteiger partial charge in [-0.25, -0.2) is 4.79 Å². The van der Waals surface area contributed by atoms with E-state index in [-0.39, 0.29) is 6.03 Å². The van der Waals surface area contributed by atoms with Crippen molar-refractivity contribution in [3.8, 4) is 11.5 Å². The number of hydrogen-bond donors (Lipinski definition) is 2. The SMILES string of the molecule is COc1ccc(OC)c(NC(=O)NCc2cccn2Cc2ccccc2C)c1. The zero-order valence-electron chi connectivity index (χ0n) is 16.4. The molecule has 0 aliphatic carbocycles. The first-order valence-electron chi connectivity index (χ1n) is 9.06. The van der Waals surface area contributed by atoms with Crippen molar-refractivity contribution in [1.82, 2.24) is 9.88 Å². The van der Waals surface area contributed by atoms with Crippen molar-refractivity contribution in [3.05, 3.63) is 77.6 Å². The third kappa shape index (κ3) is 4.65. The Labute approximate surface area is 165 Å². The zero-order valence-corrected chi connectivity index (χ0v) is 16.4. The maximum atomic E-state index is 12.4. The maximum absolute atomic E-state index is 12.4. The van der Waals surface area contributed by atoms with Crippen LogP contribution in [-0.2, 0) is 13.1 Å². The van der Waals surface area contributed by atoms with Gasteiger partial charge in [0, 0.05) is 24.5 Å². The van der Waals surface area contributed by atoms with Crippen molar-refractivity contribution in [2.75, 3.05) is 19.5 Å². The van der Waals surface area contributed by atoms with E-state index >= 15 is 0 Å². The largest absolute Gasteiger partial charge is 0.497 e. The van der Waals surface area contributed by atoms with Crippen molar-refractivity contribution in [2.45, 2.75) is 20.0 Å². The predicted octanol–water partition coefficient (Wildman–Crippen LogP) is 4.18. The molecule has 1 aromatic heterocycles. The second-order valence-corrected chi connectivity index (χ2v) is 6.43. The Hall–Kier alpha value is -3.41.